The van der Waals surface area contributed by atoms with E-state index >= 15 is 0 Å². The van der Waals surface area contributed by atoms with E-state index in [0.29, 0.717) is 0 Å². The third kappa shape index (κ3) is 2.06. The average Bonchev–Trinajstić information content (AvgIpc) is 2.37. The van der Waals surface area contributed by atoms with E-state index in [2.05, 4.69) is 0 Å². The van der Waals surface area contributed by atoms with Gasteiger partial charge >= 0.3 is 0 Å². The maximum atomic E-state index is 13.4. The number of halogens is 6. The SMILES string of the molecule is CC1(C)C(Cl)CC1Oc1c(F)c(F)c(F)c(F)c1F. The predicted molar refractivity (Wildman–Crippen MR) is 58.7 cm³/mol. The van der Waals surface area contributed by atoms with Crippen molar-refractivity contribution in [1.29, 1.82) is 0 Å². The predicted octanol–water partition coefficient (Wildman–Crippen LogP) is 4.17. The summed E-state index contributed by atoms with van der Waals surface area (Å²) in [5.41, 5.74) is -0.609. The minimum absolute atomic E-state index is 0.272. The van der Waals surface area contributed by atoms with E-state index in [4.69, 9.17) is 16.3 Å². The molecule has 7 heteroatoms. The maximum absolute atomic E-state index is 13.4. The van der Waals surface area contributed by atoms with Crippen LogP contribution in [0, 0.1) is 34.5 Å². The van der Waals surface area contributed by atoms with Crippen LogP contribution >= 0.6 is 11.6 Å². The highest BCUT2D eigenvalue weighted by Gasteiger charge is 2.50. The van der Waals surface area contributed by atoms with Gasteiger partial charge < -0.3 is 4.74 Å². The summed E-state index contributed by atoms with van der Waals surface area (Å²) in [5, 5.41) is -0.279. The molecule has 0 N–H and O–H groups in total. The summed E-state index contributed by atoms with van der Waals surface area (Å²) in [4.78, 5) is 0. The van der Waals surface area contributed by atoms with Gasteiger partial charge in [0, 0.05) is 17.2 Å². The van der Waals surface area contributed by atoms with Gasteiger partial charge in [-0.2, -0.15) is 8.78 Å². The molecule has 0 aliphatic heterocycles. The van der Waals surface area contributed by atoms with Crippen molar-refractivity contribution in [1.82, 2.24) is 0 Å². The molecule has 1 aromatic carbocycles. The van der Waals surface area contributed by atoms with Gasteiger partial charge in [0.05, 0.1) is 0 Å². The van der Waals surface area contributed by atoms with Crippen LogP contribution in [0.3, 0.4) is 0 Å². The molecule has 0 heterocycles. The number of hydrogen-bond donors (Lipinski definition) is 0. The Morgan fingerprint density at radius 2 is 1.37 bits per heavy atom. The standard InChI is InChI=1S/C12H10ClF5O/c1-12(2)4(13)3-5(12)19-11-9(17)7(15)6(14)8(16)10(11)18/h4-5H,3H2,1-2H3. The molecular weight excluding hydrogens is 291 g/mol. The van der Waals surface area contributed by atoms with Crippen LogP contribution in [0.5, 0.6) is 5.75 Å². The molecule has 106 valence electrons. The molecular formula is C12H10ClF5O. The molecule has 1 nitrogen and oxygen atoms in total. The topological polar surface area (TPSA) is 9.23 Å². The van der Waals surface area contributed by atoms with E-state index in [1.165, 1.54) is 0 Å². The third-order valence-corrected chi connectivity index (χ3v) is 4.23. The number of ether oxygens (including phenoxy) is 1. The van der Waals surface area contributed by atoms with E-state index in [9.17, 15) is 22.0 Å². The molecule has 0 aromatic heterocycles. The fourth-order valence-electron chi connectivity index (χ4n) is 1.87. The van der Waals surface area contributed by atoms with Crippen molar-refractivity contribution >= 4 is 11.6 Å². The highest BCUT2D eigenvalue weighted by molar-refractivity contribution is 6.21. The lowest BCUT2D eigenvalue weighted by atomic mass is 9.68. The average molecular weight is 301 g/mol. The second-order valence-electron chi connectivity index (χ2n) is 5.03. The van der Waals surface area contributed by atoms with Crippen molar-refractivity contribution in [3.05, 3.63) is 29.1 Å². The first-order chi connectivity index (χ1) is 8.67. The maximum Gasteiger partial charge on any atom is 0.207 e. The number of rotatable bonds is 2. The molecule has 0 bridgehead atoms. The summed E-state index contributed by atoms with van der Waals surface area (Å²) < 4.78 is 70.5. The zero-order valence-electron chi connectivity index (χ0n) is 10.0. The van der Waals surface area contributed by atoms with Crippen LogP contribution in [-0.4, -0.2) is 11.5 Å². The van der Waals surface area contributed by atoms with E-state index in [1.807, 2.05) is 0 Å². The Morgan fingerprint density at radius 3 is 1.74 bits per heavy atom. The quantitative estimate of drug-likeness (QED) is 0.345. The van der Waals surface area contributed by atoms with Gasteiger partial charge in [-0.15, -0.1) is 11.6 Å². The summed E-state index contributed by atoms with van der Waals surface area (Å²) in [6.07, 6.45) is -0.433. The summed E-state index contributed by atoms with van der Waals surface area (Å²) >= 11 is 5.89. The van der Waals surface area contributed by atoms with Gasteiger partial charge in [-0.1, -0.05) is 13.8 Å². The first kappa shape index (κ1) is 14.4. The van der Waals surface area contributed by atoms with E-state index < -0.39 is 46.4 Å². The van der Waals surface area contributed by atoms with E-state index in [-0.39, 0.29) is 11.8 Å². The van der Waals surface area contributed by atoms with Crippen LogP contribution in [0.2, 0.25) is 0 Å². The Bertz CT molecular complexity index is 502. The lowest BCUT2D eigenvalue weighted by molar-refractivity contribution is -0.0188. The molecule has 1 aromatic rings. The van der Waals surface area contributed by atoms with Crippen molar-refractivity contribution in [3.63, 3.8) is 0 Å². The minimum Gasteiger partial charge on any atom is -0.484 e. The smallest absolute Gasteiger partial charge is 0.207 e. The molecule has 1 saturated carbocycles. The van der Waals surface area contributed by atoms with E-state index in [1.54, 1.807) is 13.8 Å². The van der Waals surface area contributed by atoms with Crippen molar-refractivity contribution in [3.8, 4) is 5.75 Å². The molecule has 2 rings (SSSR count). The fraction of sp³-hybridized carbons (Fsp3) is 0.500. The summed E-state index contributed by atoms with van der Waals surface area (Å²) in [7, 11) is 0. The summed E-state index contributed by atoms with van der Waals surface area (Å²) in [6.45, 7) is 3.37. The third-order valence-electron chi connectivity index (χ3n) is 3.49. The Hall–Kier alpha value is -1.04. The molecule has 1 aliphatic carbocycles. The normalized spacial score (nSPS) is 25.1. The van der Waals surface area contributed by atoms with Crippen LogP contribution in [0.4, 0.5) is 22.0 Å². The summed E-state index contributed by atoms with van der Waals surface area (Å²) in [5.74, 6) is -11.4. The fourth-order valence-corrected chi connectivity index (χ4v) is 2.17. The highest BCUT2D eigenvalue weighted by Crippen LogP contribution is 2.47. The van der Waals surface area contributed by atoms with Crippen LogP contribution in [-0.2, 0) is 0 Å². The molecule has 2 unspecified atom stereocenters. The zero-order chi connectivity index (χ0) is 14.5. The Kier molecular flexibility index (Phi) is 3.41. The van der Waals surface area contributed by atoms with Crippen molar-refractivity contribution in [2.45, 2.75) is 31.7 Å². The molecule has 0 amide bonds. The van der Waals surface area contributed by atoms with E-state index in [0.717, 1.165) is 0 Å². The van der Waals surface area contributed by atoms with Crippen LogP contribution in [0.1, 0.15) is 20.3 Å². The Labute approximate surface area is 111 Å². The Balaban J connectivity index is 2.37. The van der Waals surface area contributed by atoms with Gasteiger partial charge in [0.1, 0.15) is 6.10 Å². The summed E-state index contributed by atoms with van der Waals surface area (Å²) in [6, 6.07) is 0. The van der Waals surface area contributed by atoms with Crippen molar-refractivity contribution in [2.75, 3.05) is 0 Å². The molecule has 19 heavy (non-hydrogen) atoms. The second kappa shape index (κ2) is 4.51. The molecule has 2 atom stereocenters. The molecule has 0 saturated heterocycles. The Morgan fingerprint density at radius 1 is 0.947 bits per heavy atom. The van der Waals surface area contributed by atoms with Crippen LogP contribution in [0.15, 0.2) is 0 Å². The molecule has 0 radical (unpaired) electrons. The minimum atomic E-state index is -2.20. The monoisotopic (exact) mass is 300 g/mol. The lowest BCUT2D eigenvalue weighted by Gasteiger charge is -2.48. The largest absolute Gasteiger partial charge is 0.484 e. The molecule has 0 spiro atoms. The number of benzene rings is 1. The van der Waals surface area contributed by atoms with Crippen LogP contribution in [0.25, 0.3) is 0 Å². The van der Waals surface area contributed by atoms with Crippen molar-refractivity contribution < 1.29 is 26.7 Å². The molecule has 1 aliphatic rings. The first-order valence-corrected chi connectivity index (χ1v) is 5.93. The van der Waals surface area contributed by atoms with Gasteiger partial charge in [0.2, 0.25) is 29.1 Å². The highest BCUT2D eigenvalue weighted by atomic mass is 35.5. The first-order valence-electron chi connectivity index (χ1n) is 5.50. The zero-order valence-corrected chi connectivity index (χ0v) is 10.8. The van der Waals surface area contributed by atoms with Gasteiger partial charge in [-0.25, -0.2) is 13.2 Å². The van der Waals surface area contributed by atoms with Gasteiger partial charge in [0.15, 0.2) is 5.75 Å². The molecule has 1 fully saturated rings. The van der Waals surface area contributed by atoms with Gasteiger partial charge in [-0.3, -0.25) is 0 Å². The van der Waals surface area contributed by atoms with Crippen molar-refractivity contribution in [2.24, 2.45) is 5.41 Å². The number of hydrogen-bond acceptors (Lipinski definition) is 1. The van der Waals surface area contributed by atoms with Gasteiger partial charge in [-0.05, 0) is 0 Å². The van der Waals surface area contributed by atoms with Gasteiger partial charge in [0.25, 0.3) is 0 Å². The van der Waals surface area contributed by atoms with Crippen LogP contribution < -0.4 is 4.74 Å². The second-order valence-corrected chi connectivity index (χ2v) is 5.56. The lowest BCUT2D eigenvalue weighted by Crippen LogP contribution is -2.53. The number of alkyl halides is 1.